The van der Waals surface area contributed by atoms with Crippen molar-refractivity contribution >= 4 is 11.6 Å². The van der Waals surface area contributed by atoms with E-state index < -0.39 is 4.87 Å². The summed E-state index contributed by atoms with van der Waals surface area (Å²) in [5.41, 5.74) is 0.151. The van der Waals surface area contributed by atoms with Crippen LogP contribution in [0.5, 0.6) is 0 Å². The maximum atomic E-state index is 9.27. The Morgan fingerprint density at radius 1 is 1.13 bits per heavy atom. The van der Waals surface area contributed by atoms with Crippen molar-refractivity contribution in [3.8, 4) is 6.07 Å². The Hall–Kier alpha value is -0.220. The fraction of sp³-hybridized carbons (Fsp3) is 0.923. The molecule has 0 radical (unpaired) electrons. The number of alkyl halides is 1. The fourth-order valence-electron chi connectivity index (χ4n) is 4.80. The van der Waals surface area contributed by atoms with E-state index in [1.165, 1.54) is 38.5 Å². The van der Waals surface area contributed by atoms with E-state index in [2.05, 4.69) is 6.07 Å². The summed E-state index contributed by atoms with van der Waals surface area (Å²) in [5, 5.41) is 9.27. The molecule has 1 unspecified atom stereocenters. The van der Waals surface area contributed by atoms with Crippen molar-refractivity contribution in [2.75, 3.05) is 0 Å². The molecular formula is C13H18ClN. The van der Waals surface area contributed by atoms with Crippen molar-refractivity contribution in [1.29, 1.82) is 5.26 Å². The molecule has 1 atom stereocenters. The third kappa shape index (κ3) is 1.27. The molecule has 0 amide bonds. The molecule has 4 saturated carbocycles. The number of halogens is 1. The molecular weight excluding hydrogens is 206 g/mol. The van der Waals surface area contributed by atoms with Gasteiger partial charge in [0.05, 0.1) is 6.07 Å². The van der Waals surface area contributed by atoms with Crippen LogP contribution in [0.1, 0.15) is 45.4 Å². The minimum Gasteiger partial charge on any atom is -0.196 e. The topological polar surface area (TPSA) is 23.8 Å². The van der Waals surface area contributed by atoms with Gasteiger partial charge in [-0.15, -0.1) is 11.6 Å². The van der Waals surface area contributed by atoms with Gasteiger partial charge in [-0.05, 0) is 63.2 Å². The molecule has 4 bridgehead atoms. The Bertz CT molecular complexity index is 291. The molecule has 2 heteroatoms. The highest BCUT2D eigenvalue weighted by Crippen LogP contribution is 2.64. The normalized spacial score (nSPS) is 51.1. The first-order valence-electron chi connectivity index (χ1n) is 6.15. The average Bonchev–Trinajstić information content (AvgIpc) is 2.15. The quantitative estimate of drug-likeness (QED) is 0.622. The van der Waals surface area contributed by atoms with Crippen molar-refractivity contribution in [2.24, 2.45) is 23.2 Å². The Morgan fingerprint density at radius 3 is 1.87 bits per heavy atom. The highest BCUT2D eigenvalue weighted by Gasteiger charge is 2.58. The molecule has 4 rings (SSSR count). The summed E-state index contributed by atoms with van der Waals surface area (Å²) in [6, 6.07) is 2.36. The highest BCUT2D eigenvalue weighted by atomic mass is 35.5. The number of hydrogen-bond acceptors (Lipinski definition) is 1. The lowest BCUT2D eigenvalue weighted by atomic mass is 9.46. The van der Waals surface area contributed by atoms with Gasteiger partial charge in [-0.2, -0.15) is 5.26 Å². The fourth-order valence-corrected chi connectivity index (χ4v) is 5.04. The Labute approximate surface area is 96.8 Å². The van der Waals surface area contributed by atoms with Crippen LogP contribution in [0.4, 0.5) is 0 Å². The summed E-state index contributed by atoms with van der Waals surface area (Å²) in [5.74, 6) is 2.63. The first-order chi connectivity index (χ1) is 7.05. The van der Waals surface area contributed by atoms with Gasteiger partial charge in [0.15, 0.2) is 0 Å². The lowest BCUT2D eigenvalue weighted by molar-refractivity contribution is -0.0639. The monoisotopic (exact) mass is 223 g/mol. The molecule has 0 spiro atoms. The minimum absolute atomic E-state index is 0.151. The summed E-state index contributed by atoms with van der Waals surface area (Å²) in [4.78, 5) is -0.622. The number of rotatable bonds is 1. The lowest BCUT2D eigenvalue weighted by Crippen LogP contribution is -2.54. The standard InChI is InChI=1S/C13H18ClN/c1-12(14,8-15)13-5-9-2-10(6-13)4-11(3-9)7-13/h9-11H,2-7H2,1H3. The van der Waals surface area contributed by atoms with Crippen LogP contribution in [0.3, 0.4) is 0 Å². The van der Waals surface area contributed by atoms with Crippen LogP contribution in [-0.4, -0.2) is 4.87 Å². The van der Waals surface area contributed by atoms with E-state index >= 15 is 0 Å². The smallest absolute Gasteiger partial charge is 0.133 e. The van der Waals surface area contributed by atoms with Crippen molar-refractivity contribution in [2.45, 2.75) is 50.3 Å². The zero-order chi connectivity index (χ0) is 10.7. The Morgan fingerprint density at radius 2 is 1.53 bits per heavy atom. The lowest BCUT2D eigenvalue weighted by Gasteiger charge is -2.59. The van der Waals surface area contributed by atoms with Gasteiger partial charge in [0.25, 0.3) is 0 Å². The molecule has 1 nitrogen and oxygen atoms in total. The largest absolute Gasteiger partial charge is 0.196 e. The third-order valence-electron chi connectivity index (χ3n) is 5.24. The molecule has 0 aromatic heterocycles. The molecule has 0 saturated heterocycles. The third-order valence-corrected chi connectivity index (χ3v) is 5.73. The van der Waals surface area contributed by atoms with E-state index in [4.69, 9.17) is 11.6 Å². The first kappa shape index (κ1) is 9.97. The second kappa shape index (κ2) is 2.92. The number of nitrogens with zero attached hydrogens (tertiary/aromatic N) is 1. The summed E-state index contributed by atoms with van der Waals surface area (Å²) in [6.45, 7) is 1.95. The molecule has 0 heterocycles. The van der Waals surface area contributed by atoms with Crippen molar-refractivity contribution in [1.82, 2.24) is 0 Å². The summed E-state index contributed by atoms with van der Waals surface area (Å²) < 4.78 is 0. The van der Waals surface area contributed by atoms with Crippen LogP contribution >= 0.6 is 11.6 Å². The Kier molecular flexibility index (Phi) is 1.94. The molecule has 0 N–H and O–H groups in total. The Balaban J connectivity index is 1.97. The van der Waals surface area contributed by atoms with Gasteiger partial charge < -0.3 is 0 Å². The van der Waals surface area contributed by atoms with E-state index in [1.807, 2.05) is 6.92 Å². The van der Waals surface area contributed by atoms with E-state index in [0.29, 0.717) is 0 Å². The van der Waals surface area contributed by atoms with Crippen LogP contribution in [0.2, 0.25) is 0 Å². The van der Waals surface area contributed by atoms with Crippen molar-refractivity contribution in [3.05, 3.63) is 0 Å². The molecule has 4 fully saturated rings. The molecule has 0 aromatic rings. The van der Waals surface area contributed by atoms with Gasteiger partial charge in [-0.3, -0.25) is 0 Å². The van der Waals surface area contributed by atoms with Gasteiger partial charge in [0, 0.05) is 5.41 Å². The van der Waals surface area contributed by atoms with Gasteiger partial charge in [-0.1, -0.05) is 0 Å². The van der Waals surface area contributed by atoms with E-state index in [0.717, 1.165) is 17.8 Å². The summed E-state index contributed by atoms with van der Waals surface area (Å²) in [7, 11) is 0. The minimum atomic E-state index is -0.622. The summed E-state index contributed by atoms with van der Waals surface area (Å²) >= 11 is 6.48. The van der Waals surface area contributed by atoms with Crippen LogP contribution in [-0.2, 0) is 0 Å². The van der Waals surface area contributed by atoms with Crippen LogP contribution < -0.4 is 0 Å². The SMILES string of the molecule is CC(Cl)(C#N)C12CC3CC(CC(C3)C1)C2. The molecule has 4 aliphatic rings. The van der Waals surface area contributed by atoms with Crippen LogP contribution in [0.15, 0.2) is 0 Å². The number of nitriles is 1. The molecule has 4 aliphatic carbocycles. The van der Waals surface area contributed by atoms with Crippen molar-refractivity contribution in [3.63, 3.8) is 0 Å². The predicted octanol–water partition coefficient (Wildman–Crippen LogP) is 3.72. The van der Waals surface area contributed by atoms with Crippen molar-refractivity contribution < 1.29 is 0 Å². The zero-order valence-electron chi connectivity index (χ0n) is 9.30. The van der Waals surface area contributed by atoms with E-state index in [-0.39, 0.29) is 5.41 Å². The molecule has 15 heavy (non-hydrogen) atoms. The molecule has 0 aromatic carbocycles. The maximum Gasteiger partial charge on any atom is 0.133 e. The summed E-state index contributed by atoms with van der Waals surface area (Å²) in [6.07, 6.45) is 7.89. The van der Waals surface area contributed by atoms with Crippen LogP contribution in [0.25, 0.3) is 0 Å². The van der Waals surface area contributed by atoms with Gasteiger partial charge in [-0.25, -0.2) is 0 Å². The number of hydrogen-bond donors (Lipinski definition) is 0. The van der Waals surface area contributed by atoms with E-state index in [1.54, 1.807) is 0 Å². The van der Waals surface area contributed by atoms with Gasteiger partial charge in [0.1, 0.15) is 4.87 Å². The maximum absolute atomic E-state index is 9.27. The predicted molar refractivity (Wildman–Crippen MR) is 60.5 cm³/mol. The molecule has 0 aliphatic heterocycles. The average molecular weight is 224 g/mol. The van der Waals surface area contributed by atoms with Gasteiger partial charge >= 0.3 is 0 Å². The zero-order valence-corrected chi connectivity index (χ0v) is 10.1. The highest BCUT2D eigenvalue weighted by molar-refractivity contribution is 6.26. The van der Waals surface area contributed by atoms with Gasteiger partial charge in [0.2, 0.25) is 0 Å². The first-order valence-corrected chi connectivity index (χ1v) is 6.53. The van der Waals surface area contributed by atoms with Crippen LogP contribution in [0, 0.1) is 34.5 Å². The molecule has 82 valence electrons. The second-order valence-corrected chi connectivity index (χ2v) is 7.07. The second-order valence-electron chi connectivity index (χ2n) is 6.31. The van der Waals surface area contributed by atoms with E-state index in [9.17, 15) is 5.26 Å².